The van der Waals surface area contributed by atoms with Crippen molar-refractivity contribution >= 4 is 12.1 Å². The molecule has 1 unspecified atom stereocenters. The van der Waals surface area contributed by atoms with Gasteiger partial charge in [0.05, 0.1) is 5.60 Å². The Morgan fingerprint density at radius 3 is 2.14 bits per heavy atom. The number of hydrogen-bond acceptors (Lipinski definition) is 3. The lowest BCUT2D eigenvalue weighted by atomic mass is 9.97. The first kappa shape index (κ1) is 20.5. The van der Waals surface area contributed by atoms with Crippen LogP contribution in [0.2, 0.25) is 0 Å². The molecule has 0 heterocycles. The minimum Gasteiger partial charge on any atom is -0.399 e. The van der Waals surface area contributed by atoms with Gasteiger partial charge >= 0.3 is 0 Å². The van der Waals surface area contributed by atoms with Crippen LogP contribution in [0.5, 0.6) is 0 Å². The molecule has 0 aliphatic heterocycles. The number of benzene rings is 1. The van der Waals surface area contributed by atoms with Crippen molar-refractivity contribution < 1.29 is 9.53 Å². The fraction of sp³-hybridized carbons (Fsp3) is 0.611. The van der Waals surface area contributed by atoms with Gasteiger partial charge in [0.15, 0.2) is 0 Å². The number of nitrogens with two attached hydrogens (primary N) is 1. The minimum absolute atomic E-state index is 0.0417. The molecule has 1 aromatic carbocycles. The maximum atomic E-state index is 10.6. The summed E-state index contributed by atoms with van der Waals surface area (Å²) < 4.78 is 4.94. The van der Waals surface area contributed by atoms with E-state index in [2.05, 4.69) is 19.1 Å². The summed E-state index contributed by atoms with van der Waals surface area (Å²) in [4.78, 5) is 12.4. The zero-order chi connectivity index (χ0) is 17.2. The Bertz CT molecular complexity index is 410. The lowest BCUT2D eigenvalue weighted by Gasteiger charge is -2.18. The van der Waals surface area contributed by atoms with Gasteiger partial charge in [-0.2, -0.15) is 0 Å². The van der Waals surface area contributed by atoms with Crippen LogP contribution in [0.4, 0.5) is 5.69 Å². The van der Waals surface area contributed by atoms with Gasteiger partial charge in [0.2, 0.25) is 6.41 Å². The summed E-state index contributed by atoms with van der Waals surface area (Å²) in [6, 6.07) is 7.95. The molecule has 0 aliphatic rings. The molecular weight excluding hydrogens is 276 g/mol. The number of ether oxygens (including phenoxy) is 1. The standard InChI is InChI=1S/C13H20N2O.C5H12O/c1-3-15(10-16)9-8-11(2)12-4-6-13(14)7-5-12;1-5(2,3)6-4/h4-7,10-11H,3,8-9,14H2,1-2H3;1-4H3. The van der Waals surface area contributed by atoms with Crippen LogP contribution in [0.15, 0.2) is 24.3 Å². The first-order valence-electron chi connectivity index (χ1n) is 7.83. The minimum atomic E-state index is 0.0417. The molecule has 4 nitrogen and oxygen atoms in total. The third kappa shape index (κ3) is 9.40. The van der Waals surface area contributed by atoms with Gasteiger partial charge in [-0.25, -0.2) is 0 Å². The van der Waals surface area contributed by atoms with Gasteiger partial charge in [0.25, 0.3) is 0 Å². The lowest BCUT2D eigenvalue weighted by molar-refractivity contribution is -0.118. The Morgan fingerprint density at radius 2 is 1.77 bits per heavy atom. The monoisotopic (exact) mass is 308 g/mol. The summed E-state index contributed by atoms with van der Waals surface area (Å²) in [5, 5.41) is 0. The van der Waals surface area contributed by atoms with Gasteiger partial charge in [0, 0.05) is 25.9 Å². The highest BCUT2D eigenvalue weighted by Crippen LogP contribution is 2.20. The fourth-order valence-electron chi connectivity index (χ4n) is 1.64. The van der Waals surface area contributed by atoms with E-state index in [1.165, 1.54) is 5.56 Å². The van der Waals surface area contributed by atoms with Crippen LogP contribution < -0.4 is 5.73 Å². The summed E-state index contributed by atoms with van der Waals surface area (Å²) >= 11 is 0. The van der Waals surface area contributed by atoms with Crippen LogP contribution in [0.3, 0.4) is 0 Å². The SMILES string of the molecule is CCN(C=O)CCC(C)c1ccc(N)cc1.COC(C)(C)C. The van der Waals surface area contributed by atoms with Crippen LogP contribution >= 0.6 is 0 Å². The zero-order valence-corrected chi connectivity index (χ0v) is 14.9. The molecule has 126 valence electrons. The Labute approximate surface area is 135 Å². The molecule has 0 aliphatic carbocycles. The van der Waals surface area contributed by atoms with E-state index < -0.39 is 0 Å². The van der Waals surface area contributed by atoms with Gasteiger partial charge in [0.1, 0.15) is 0 Å². The summed E-state index contributed by atoms with van der Waals surface area (Å²) in [6.45, 7) is 11.8. The third-order valence-electron chi connectivity index (χ3n) is 3.52. The Kier molecular flexibility index (Phi) is 9.50. The Hall–Kier alpha value is -1.55. The van der Waals surface area contributed by atoms with Gasteiger partial charge < -0.3 is 15.4 Å². The predicted molar refractivity (Wildman–Crippen MR) is 94.0 cm³/mol. The second-order valence-electron chi connectivity index (χ2n) is 6.41. The summed E-state index contributed by atoms with van der Waals surface area (Å²) in [5.41, 5.74) is 7.74. The number of hydrogen-bond donors (Lipinski definition) is 1. The van der Waals surface area contributed by atoms with Crippen molar-refractivity contribution in [3.63, 3.8) is 0 Å². The van der Waals surface area contributed by atoms with E-state index in [4.69, 9.17) is 10.5 Å². The van der Waals surface area contributed by atoms with Crippen molar-refractivity contribution in [3.8, 4) is 0 Å². The number of nitrogens with zero attached hydrogens (tertiary/aromatic N) is 1. The van der Waals surface area contributed by atoms with Gasteiger partial charge in [-0.1, -0.05) is 19.1 Å². The molecule has 1 atom stereocenters. The van der Waals surface area contributed by atoms with Crippen LogP contribution in [0.1, 0.15) is 52.5 Å². The fourth-order valence-corrected chi connectivity index (χ4v) is 1.64. The van der Waals surface area contributed by atoms with Crippen LogP contribution in [0.25, 0.3) is 0 Å². The number of nitrogen functional groups attached to an aromatic ring is 1. The molecule has 0 aromatic heterocycles. The quantitative estimate of drug-likeness (QED) is 0.644. The second kappa shape index (κ2) is 10.2. The highest BCUT2D eigenvalue weighted by molar-refractivity contribution is 5.46. The van der Waals surface area contributed by atoms with Gasteiger partial charge in [-0.15, -0.1) is 0 Å². The van der Waals surface area contributed by atoms with Crippen molar-refractivity contribution in [2.24, 2.45) is 0 Å². The largest absolute Gasteiger partial charge is 0.399 e. The van der Waals surface area contributed by atoms with E-state index in [1.54, 1.807) is 12.0 Å². The normalized spacial score (nSPS) is 12.1. The molecule has 4 heteroatoms. The highest BCUT2D eigenvalue weighted by atomic mass is 16.5. The second-order valence-corrected chi connectivity index (χ2v) is 6.41. The molecule has 0 bridgehead atoms. The molecule has 1 aromatic rings. The highest BCUT2D eigenvalue weighted by Gasteiger charge is 2.07. The van der Waals surface area contributed by atoms with E-state index in [-0.39, 0.29) is 5.60 Å². The Balaban J connectivity index is 0.000000626. The third-order valence-corrected chi connectivity index (χ3v) is 3.52. The molecule has 0 saturated heterocycles. The molecule has 0 saturated carbocycles. The van der Waals surface area contributed by atoms with Crippen molar-refractivity contribution in [1.29, 1.82) is 0 Å². The van der Waals surface area contributed by atoms with Crippen molar-refractivity contribution in [2.45, 2.75) is 52.6 Å². The van der Waals surface area contributed by atoms with E-state index in [0.717, 1.165) is 31.6 Å². The molecule has 1 rings (SSSR count). The van der Waals surface area contributed by atoms with Crippen LogP contribution in [-0.4, -0.2) is 37.1 Å². The zero-order valence-electron chi connectivity index (χ0n) is 14.9. The van der Waals surface area contributed by atoms with Crippen LogP contribution in [-0.2, 0) is 9.53 Å². The van der Waals surface area contributed by atoms with Gasteiger partial charge in [-0.05, 0) is 57.7 Å². The first-order chi connectivity index (χ1) is 10.2. The summed E-state index contributed by atoms with van der Waals surface area (Å²) in [5.74, 6) is 0.453. The number of carbonyl (C=O) groups is 1. The van der Waals surface area contributed by atoms with Crippen molar-refractivity contribution in [1.82, 2.24) is 4.90 Å². The summed E-state index contributed by atoms with van der Waals surface area (Å²) in [6.07, 6.45) is 1.90. The predicted octanol–water partition coefficient (Wildman–Crippen LogP) is 3.67. The summed E-state index contributed by atoms with van der Waals surface area (Å²) in [7, 11) is 1.71. The smallest absolute Gasteiger partial charge is 0.209 e. The molecule has 0 fully saturated rings. The van der Waals surface area contributed by atoms with Crippen LogP contribution in [0, 0.1) is 0 Å². The van der Waals surface area contributed by atoms with Gasteiger partial charge in [-0.3, -0.25) is 4.79 Å². The molecule has 0 spiro atoms. The maximum Gasteiger partial charge on any atom is 0.209 e. The maximum absolute atomic E-state index is 10.6. The van der Waals surface area contributed by atoms with E-state index in [0.29, 0.717) is 5.92 Å². The number of carbonyl (C=O) groups excluding carboxylic acids is 1. The van der Waals surface area contributed by atoms with E-state index >= 15 is 0 Å². The Morgan fingerprint density at radius 1 is 1.27 bits per heavy atom. The number of rotatable bonds is 6. The average molecular weight is 308 g/mol. The number of methoxy groups -OCH3 is 1. The first-order valence-corrected chi connectivity index (χ1v) is 7.83. The molecular formula is C18H32N2O2. The van der Waals surface area contributed by atoms with E-state index in [9.17, 15) is 4.79 Å². The molecule has 0 radical (unpaired) electrons. The molecule has 2 N–H and O–H groups in total. The molecule has 22 heavy (non-hydrogen) atoms. The van der Waals surface area contributed by atoms with Crippen molar-refractivity contribution in [3.05, 3.63) is 29.8 Å². The number of amides is 1. The lowest BCUT2D eigenvalue weighted by Crippen LogP contribution is -2.23. The van der Waals surface area contributed by atoms with E-state index in [1.807, 2.05) is 39.8 Å². The average Bonchev–Trinajstić information content (AvgIpc) is 2.48. The molecule has 1 amide bonds. The topological polar surface area (TPSA) is 55.6 Å². The van der Waals surface area contributed by atoms with Crippen molar-refractivity contribution in [2.75, 3.05) is 25.9 Å². The number of anilines is 1.